The fourth-order valence-corrected chi connectivity index (χ4v) is 3.96. The maximum absolute atomic E-state index is 13.0. The highest BCUT2D eigenvalue weighted by Crippen LogP contribution is 2.26. The molecule has 0 atom stereocenters. The molecule has 0 saturated carbocycles. The first-order valence-electron chi connectivity index (χ1n) is 10.3. The summed E-state index contributed by atoms with van der Waals surface area (Å²) in [5.74, 6) is 0.156. The number of H-pyrrole nitrogens is 1. The summed E-state index contributed by atoms with van der Waals surface area (Å²) in [6.45, 7) is 6.32. The number of carbonyl (C=O) groups excluding carboxylic acids is 1. The van der Waals surface area contributed by atoms with Gasteiger partial charge in [-0.1, -0.05) is 23.7 Å². The van der Waals surface area contributed by atoms with Gasteiger partial charge in [0.05, 0.1) is 12.1 Å². The van der Waals surface area contributed by atoms with Crippen LogP contribution in [0.5, 0.6) is 0 Å². The van der Waals surface area contributed by atoms with E-state index in [0.717, 1.165) is 61.7 Å². The first-order chi connectivity index (χ1) is 14.6. The van der Waals surface area contributed by atoms with E-state index in [0.29, 0.717) is 11.4 Å². The highest BCUT2D eigenvalue weighted by molar-refractivity contribution is 6.30. The number of hydrogen-bond donors (Lipinski definition) is 1. The zero-order valence-corrected chi connectivity index (χ0v) is 17.9. The third-order valence-electron chi connectivity index (χ3n) is 5.71. The van der Waals surface area contributed by atoms with Crippen LogP contribution in [-0.2, 0) is 17.6 Å². The van der Waals surface area contributed by atoms with Crippen molar-refractivity contribution in [3.8, 4) is 11.3 Å². The Morgan fingerprint density at radius 2 is 1.77 bits per heavy atom. The van der Waals surface area contributed by atoms with Gasteiger partial charge in [0.25, 0.3) is 0 Å². The van der Waals surface area contributed by atoms with Crippen LogP contribution in [0.3, 0.4) is 0 Å². The van der Waals surface area contributed by atoms with Crippen molar-refractivity contribution in [1.29, 1.82) is 0 Å². The van der Waals surface area contributed by atoms with E-state index in [9.17, 15) is 4.79 Å². The first kappa shape index (κ1) is 20.6. The average Bonchev–Trinajstić information content (AvgIpc) is 3.14. The smallest absolute Gasteiger partial charge is 0.227 e. The van der Waals surface area contributed by atoms with Gasteiger partial charge in [-0.2, -0.15) is 5.10 Å². The number of carbonyl (C=O) groups is 1. The van der Waals surface area contributed by atoms with Crippen LogP contribution in [0.2, 0.25) is 5.02 Å². The lowest BCUT2D eigenvalue weighted by Gasteiger charge is -2.34. The van der Waals surface area contributed by atoms with Gasteiger partial charge < -0.3 is 4.90 Å². The number of nitrogens with zero attached hydrogens (tertiary/aromatic N) is 4. The van der Waals surface area contributed by atoms with E-state index in [1.54, 1.807) is 0 Å². The zero-order chi connectivity index (χ0) is 20.9. The largest absolute Gasteiger partial charge is 0.340 e. The summed E-state index contributed by atoms with van der Waals surface area (Å²) in [6.07, 6.45) is 5.04. The Morgan fingerprint density at radius 1 is 1.07 bits per heavy atom. The van der Waals surface area contributed by atoms with E-state index in [-0.39, 0.29) is 5.91 Å². The minimum absolute atomic E-state index is 0.156. The molecule has 3 aromatic rings. The molecule has 1 amide bonds. The van der Waals surface area contributed by atoms with Crippen LogP contribution in [-0.4, -0.2) is 63.6 Å². The predicted octanol–water partition coefficient (Wildman–Crippen LogP) is 3.36. The molecule has 0 radical (unpaired) electrons. The van der Waals surface area contributed by atoms with E-state index in [2.05, 4.69) is 32.2 Å². The first-order valence-corrected chi connectivity index (χ1v) is 10.7. The fourth-order valence-electron chi connectivity index (χ4n) is 3.84. The third kappa shape index (κ3) is 4.89. The second-order valence-electron chi connectivity index (χ2n) is 7.69. The molecule has 1 aliphatic heterocycles. The lowest BCUT2D eigenvalue weighted by Crippen LogP contribution is -2.49. The van der Waals surface area contributed by atoms with Gasteiger partial charge in [0, 0.05) is 67.0 Å². The van der Waals surface area contributed by atoms with Crippen molar-refractivity contribution in [2.45, 2.75) is 19.8 Å². The van der Waals surface area contributed by atoms with Crippen molar-refractivity contribution < 1.29 is 4.79 Å². The Morgan fingerprint density at radius 3 is 2.47 bits per heavy atom. The monoisotopic (exact) mass is 423 g/mol. The fraction of sp³-hybridized carbons (Fsp3) is 0.348. The Bertz CT molecular complexity index is 979. The van der Waals surface area contributed by atoms with E-state index in [4.69, 9.17) is 11.6 Å². The van der Waals surface area contributed by atoms with Crippen LogP contribution in [0.4, 0.5) is 0 Å². The van der Waals surface area contributed by atoms with E-state index in [1.807, 2.05) is 48.5 Å². The quantitative estimate of drug-likeness (QED) is 0.660. The molecule has 1 saturated heterocycles. The van der Waals surface area contributed by atoms with Gasteiger partial charge in [0.15, 0.2) is 0 Å². The molecule has 7 heteroatoms. The Hall–Kier alpha value is -2.70. The number of amides is 1. The normalized spacial score (nSPS) is 14.8. The topological polar surface area (TPSA) is 65.1 Å². The molecule has 30 heavy (non-hydrogen) atoms. The number of piperazine rings is 1. The standard InChI is InChI=1S/C23H26ClN5O/c1-17-21(23(27-26-17)19-2-4-20(24)5-3-19)16-22(30)29-14-12-28(13-15-29)11-8-18-6-9-25-10-7-18/h2-7,9-10H,8,11-16H2,1H3,(H,26,27). The summed E-state index contributed by atoms with van der Waals surface area (Å²) in [4.78, 5) is 21.4. The molecule has 1 N–H and O–H groups in total. The molecule has 156 valence electrons. The number of halogens is 1. The molecule has 1 aromatic carbocycles. The number of rotatable bonds is 6. The van der Waals surface area contributed by atoms with Crippen LogP contribution in [0, 0.1) is 6.92 Å². The second kappa shape index (κ2) is 9.41. The SMILES string of the molecule is Cc1[nH]nc(-c2ccc(Cl)cc2)c1CC(=O)N1CCN(CCc2ccncc2)CC1. The van der Waals surface area contributed by atoms with Gasteiger partial charge in [-0.3, -0.25) is 19.8 Å². The molecule has 0 aliphatic carbocycles. The number of aromatic amines is 1. The number of nitrogens with one attached hydrogen (secondary N) is 1. The molecule has 2 aromatic heterocycles. The van der Waals surface area contributed by atoms with Crippen molar-refractivity contribution in [2.24, 2.45) is 0 Å². The van der Waals surface area contributed by atoms with Gasteiger partial charge in [-0.05, 0) is 43.2 Å². The van der Waals surface area contributed by atoms with Gasteiger partial charge >= 0.3 is 0 Å². The summed E-state index contributed by atoms with van der Waals surface area (Å²) in [6, 6.07) is 11.7. The second-order valence-corrected chi connectivity index (χ2v) is 8.12. The molecule has 0 bridgehead atoms. The van der Waals surface area contributed by atoms with Crippen LogP contribution in [0.15, 0.2) is 48.8 Å². The number of aromatic nitrogens is 3. The van der Waals surface area contributed by atoms with E-state index in [1.165, 1.54) is 5.56 Å². The molecular formula is C23H26ClN5O. The van der Waals surface area contributed by atoms with Crippen molar-refractivity contribution in [2.75, 3.05) is 32.7 Å². The highest BCUT2D eigenvalue weighted by atomic mass is 35.5. The van der Waals surface area contributed by atoms with Crippen molar-refractivity contribution in [3.63, 3.8) is 0 Å². The average molecular weight is 424 g/mol. The molecule has 1 fully saturated rings. The number of benzene rings is 1. The third-order valence-corrected chi connectivity index (χ3v) is 5.96. The van der Waals surface area contributed by atoms with Crippen LogP contribution >= 0.6 is 11.6 Å². The minimum atomic E-state index is 0.156. The van der Waals surface area contributed by atoms with Crippen LogP contribution in [0.1, 0.15) is 16.8 Å². The molecule has 3 heterocycles. The van der Waals surface area contributed by atoms with Gasteiger partial charge in [-0.15, -0.1) is 0 Å². The summed E-state index contributed by atoms with van der Waals surface area (Å²) >= 11 is 6.00. The minimum Gasteiger partial charge on any atom is -0.340 e. The molecule has 0 unspecified atom stereocenters. The Labute approximate surface area is 181 Å². The lowest BCUT2D eigenvalue weighted by molar-refractivity contribution is -0.132. The number of pyridine rings is 1. The molecule has 6 nitrogen and oxygen atoms in total. The van der Waals surface area contributed by atoms with Gasteiger partial charge in [0.1, 0.15) is 0 Å². The highest BCUT2D eigenvalue weighted by Gasteiger charge is 2.23. The van der Waals surface area contributed by atoms with Crippen LogP contribution in [0.25, 0.3) is 11.3 Å². The van der Waals surface area contributed by atoms with Gasteiger partial charge in [0.2, 0.25) is 5.91 Å². The molecule has 4 rings (SSSR count). The summed E-state index contributed by atoms with van der Waals surface area (Å²) < 4.78 is 0. The Balaban J connectivity index is 1.33. The van der Waals surface area contributed by atoms with E-state index < -0.39 is 0 Å². The number of aryl methyl sites for hydroxylation is 1. The lowest BCUT2D eigenvalue weighted by atomic mass is 10.0. The Kier molecular flexibility index (Phi) is 6.45. The van der Waals surface area contributed by atoms with E-state index >= 15 is 0 Å². The maximum atomic E-state index is 13.0. The zero-order valence-electron chi connectivity index (χ0n) is 17.1. The molecule has 0 spiro atoms. The summed E-state index contributed by atoms with van der Waals surface area (Å²) in [5.41, 5.74) is 4.99. The summed E-state index contributed by atoms with van der Waals surface area (Å²) in [7, 11) is 0. The van der Waals surface area contributed by atoms with Crippen molar-refractivity contribution in [1.82, 2.24) is 25.0 Å². The maximum Gasteiger partial charge on any atom is 0.227 e. The van der Waals surface area contributed by atoms with Crippen molar-refractivity contribution in [3.05, 3.63) is 70.6 Å². The van der Waals surface area contributed by atoms with Crippen molar-refractivity contribution >= 4 is 17.5 Å². The number of hydrogen-bond acceptors (Lipinski definition) is 4. The summed E-state index contributed by atoms with van der Waals surface area (Å²) in [5, 5.41) is 8.14. The van der Waals surface area contributed by atoms with Crippen LogP contribution < -0.4 is 0 Å². The van der Waals surface area contributed by atoms with Gasteiger partial charge in [-0.25, -0.2) is 0 Å². The molecular weight excluding hydrogens is 398 g/mol. The predicted molar refractivity (Wildman–Crippen MR) is 118 cm³/mol. The molecule has 1 aliphatic rings.